The van der Waals surface area contributed by atoms with Gasteiger partial charge in [-0.25, -0.2) is 13.3 Å². The average Bonchev–Trinajstić information content (AvgIpc) is 3.71. The molecule has 48 heavy (non-hydrogen) atoms. The smallest absolute Gasteiger partial charge is 0.318 e. The van der Waals surface area contributed by atoms with Crippen LogP contribution in [0.3, 0.4) is 0 Å². The first-order valence-electron chi connectivity index (χ1n) is 16.6. The van der Waals surface area contributed by atoms with E-state index in [9.17, 15) is 18.6 Å². The van der Waals surface area contributed by atoms with Gasteiger partial charge in [0, 0.05) is 69.3 Å². The van der Waals surface area contributed by atoms with Crippen molar-refractivity contribution in [3.8, 4) is 17.0 Å². The lowest BCUT2D eigenvalue weighted by molar-refractivity contribution is -0.121. The third-order valence-electron chi connectivity index (χ3n) is 10.0. The molecule has 0 saturated heterocycles. The SMILES string of the molecule is COCCNC(=O)CN(C)C(=O)NC12CC1c1cc(OC)ccc1-c1c(C3CCCCC3)c3ccc(C(=O)NS(=O)N(C)C)cc3n1C2. The summed E-state index contributed by atoms with van der Waals surface area (Å²) in [7, 11) is 8.12. The van der Waals surface area contributed by atoms with E-state index in [1.165, 1.54) is 21.2 Å². The first kappa shape index (κ1) is 33.9. The maximum absolute atomic E-state index is 13.7. The molecule has 3 unspecified atom stereocenters. The first-order chi connectivity index (χ1) is 23.1. The van der Waals surface area contributed by atoms with Crippen LogP contribution in [0, 0.1) is 0 Å². The van der Waals surface area contributed by atoms with Crippen LogP contribution in [-0.4, -0.2) is 96.4 Å². The molecule has 2 fully saturated rings. The van der Waals surface area contributed by atoms with Gasteiger partial charge in [-0.15, -0.1) is 0 Å². The van der Waals surface area contributed by atoms with Gasteiger partial charge in [-0.3, -0.25) is 14.3 Å². The van der Waals surface area contributed by atoms with Crippen molar-refractivity contribution < 1.29 is 28.1 Å². The van der Waals surface area contributed by atoms with Gasteiger partial charge in [0.25, 0.3) is 5.91 Å². The van der Waals surface area contributed by atoms with Crippen molar-refractivity contribution >= 4 is 39.9 Å². The van der Waals surface area contributed by atoms with E-state index in [1.54, 1.807) is 35.4 Å². The maximum atomic E-state index is 13.7. The molecule has 3 aliphatic rings. The molecule has 3 aromatic rings. The molecule has 4 amide bonds. The van der Waals surface area contributed by atoms with E-state index in [0.29, 0.717) is 37.6 Å². The molecule has 13 heteroatoms. The van der Waals surface area contributed by atoms with E-state index in [4.69, 9.17) is 9.47 Å². The van der Waals surface area contributed by atoms with Crippen LogP contribution < -0.4 is 20.1 Å². The quantitative estimate of drug-likeness (QED) is 0.264. The lowest BCUT2D eigenvalue weighted by Gasteiger charge is -2.25. The Morgan fingerprint density at radius 1 is 1.04 bits per heavy atom. The van der Waals surface area contributed by atoms with Crippen molar-refractivity contribution in [3.63, 3.8) is 0 Å². The van der Waals surface area contributed by atoms with Gasteiger partial charge < -0.3 is 29.6 Å². The molecule has 1 aliphatic heterocycles. The van der Waals surface area contributed by atoms with E-state index >= 15 is 0 Å². The van der Waals surface area contributed by atoms with Crippen LogP contribution in [0.1, 0.15) is 71.8 Å². The number of rotatable bonds is 11. The van der Waals surface area contributed by atoms with Crippen molar-refractivity contribution in [2.24, 2.45) is 0 Å². The molecule has 12 nitrogen and oxygen atoms in total. The number of carbonyl (C=O) groups is 3. The van der Waals surface area contributed by atoms with Gasteiger partial charge in [-0.05, 0) is 66.6 Å². The summed E-state index contributed by atoms with van der Waals surface area (Å²) >= 11 is -1.67. The third-order valence-corrected chi connectivity index (χ3v) is 11.0. The Morgan fingerprint density at radius 3 is 2.52 bits per heavy atom. The minimum absolute atomic E-state index is 0.0265. The number of fused-ring (bicyclic) bond motifs is 7. The number of ether oxygens (including phenoxy) is 2. The van der Waals surface area contributed by atoms with Crippen LogP contribution in [0.4, 0.5) is 4.79 Å². The van der Waals surface area contributed by atoms with E-state index in [-0.39, 0.29) is 24.4 Å². The summed E-state index contributed by atoms with van der Waals surface area (Å²) in [6.07, 6.45) is 6.44. The van der Waals surface area contributed by atoms with E-state index in [0.717, 1.165) is 59.2 Å². The van der Waals surface area contributed by atoms with Crippen molar-refractivity contribution in [1.82, 2.24) is 29.1 Å². The van der Waals surface area contributed by atoms with Crippen LogP contribution in [-0.2, 0) is 27.2 Å². The number of hydrogen-bond acceptors (Lipinski definition) is 6. The molecule has 3 N–H and O–H groups in total. The Balaban J connectivity index is 1.44. The number of methoxy groups -OCH3 is 2. The predicted octanol–water partition coefficient (Wildman–Crippen LogP) is 3.88. The largest absolute Gasteiger partial charge is 0.497 e. The Morgan fingerprint density at radius 2 is 1.81 bits per heavy atom. The highest BCUT2D eigenvalue weighted by atomic mass is 32.2. The molecule has 2 aliphatic carbocycles. The molecule has 258 valence electrons. The number of nitrogens with one attached hydrogen (secondary N) is 3. The normalized spacial score (nSPS) is 20.6. The fraction of sp³-hybridized carbons (Fsp3) is 0.514. The number of aromatic nitrogens is 1. The van der Waals surface area contributed by atoms with Crippen LogP contribution in [0.5, 0.6) is 5.75 Å². The number of urea groups is 1. The van der Waals surface area contributed by atoms with Crippen LogP contribution >= 0.6 is 0 Å². The second-order valence-electron chi connectivity index (χ2n) is 13.4. The number of hydrogen-bond donors (Lipinski definition) is 3. The van der Waals surface area contributed by atoms with Crippen molar-refractivity contribution in [1.29, 1.82) is 0 Å². The Kier molecular flexibility index (Phi) is 9.82. The Labute approximate surface area is 284 Å². The summed E-state index contributed by atoms with van der Waals surface area (Å²) in [4.78, 5) is 40.9. The zero-order valence-corrected chi connectivity index (χ0v) is 29.2. The second kappa shape index (κ2) is 13.9. The molecule has 0 bridgehead atoms. The van der Waals surface area contributed by atoms with E-state index in [2.05, 4.69) is 32.1 Å². The molecule has 2 saturated carbocycles. The third kappa shape index (κ3) is 6.55. The van der Waals surface area contributed by atoms with Gasteiger partial charge >= 0.3 is 6.03 Å². The number of amides is 4. The summed E-state index contributed by atoms with van der Waals surface area (Å²) in [5.41, 5.74) is 5.33. The standard InChI is InChI=1S/C35H46N6O6S/c1-39(2)48(45)38-33(43)23-11-13-26-29(17-23)41-21-35(37-34(44)40(3)20-30(42)36-15-16-46-4)19-28(35)27-18-24(47-5)12-14-25(27)32(41)31(26)22-9-7-6-8-10-22/h11-14,17-18,22,28H,6-10,15-16,19-21H2,1-5H3,(H,36,42)(H,37,44)(H,38,43). The van der Waals surface area contributed by atoms with Crippen LogP contribution in [0.2, 0.25) is 0 Å². The Hall–Kier alpha value is -3.94. The van der Waals surface area contributed by atoms with Gasteiger partial charge in [0.1, 0.15) is 12.3 Å². The summed E-state index contributed by atoms with van der Waals surface area (Å²) < 4.78 is 29.5. The average molecular weight is 679 g/mol. The summed E-state index contributed by atoms with van der Waals surface area (Å²) in [6.45, 7) is 1.16. The fourth-order valence-electron chi connectivity index (χ4n) is 7.47. The summed E-state index contributed by atoms with van der Waals surface area (Å²) in [5, 5.41) is 7.19. The highest BCUT2D eigenvalue weighted by Crippen LogP contribution is 2.60. The molecule has 2 heterocycles. The molecule has 0 spiro atoms. The van der Waals surface area contributed by atoms with Crippen LogP contribution in [0.15, 0.2) is 36.4 Å². The van der Waals surface area contributed by atoms with Gasteiger partial charge in [0.05, 0.1) is 24.9 Å². The zero-order valence-electron chi connectivity index (χ0n) is 28.4. The lowest BCUT2D eigenvalue weighted by Crippen LogP contribution is -2.49. The molecule has 0 radical (unpaired) electrons. The van der Waals surface area contributed by atoms with Gasteiger partial charge in [0.15, 0.2) is 11.2 Å². The molecule has 2 aromatic carbocycles. The van der Waals surface area contributed by atoms with Crippen LogP contribution in [0.25, 0.3) is 22.2 Å². The van der Waals surface area contributed by atoms with Gasteiger partial charge in [-0.1, -0.05) is 25.3 Å². The minimum Gasteiger partial charge on any atom is -0.497 e. The van der Waals surface area contributed by atoms with E-state index < -0.39 is 22.6 Å². The number of carbonyl (C=O) groups excluding carboxylic acids is 3. The summed E-state index contributed by atoms with van der Waals surface area (Å²) in [6, 6.07) is 11.6. The second-order valence-corrected chi connectivity index (χ2v) is 14.8. The zero-order chi connectivity index (χ0) is 34.2. The minimum atomic E-state index is -1.67. The number of benzene rings is 2. The number of nitrogens with zero attached hydrogens (tertiary/aromatic N) is 3. The number of likely N-dealkylation sites (N-methyl/N-ethyl adjacent to an activating group) is 1. The monoisotopic (exact) mass is 678 g/mol. The van der Waals surface area contributed by atoms with Crippen molar-refractivity contribution in [2.45, 2.75) is 62.4 Å². The maximum Gasteiger partial charge on any atom is 0.318 e. The molecule has 1 aromatic heterocycles. The van der Waals surface area contributed by atoms with Gasteiger partial charge in [0.2, 0.25) is 5.91 Å². The van der Waals surface area contributed by atoms with Crippen molar-refractivity contribution in [2.75, 3.05) is 55.1 Å². The van der Waals surface area contributed by atoms with Gasteiger partial charge in [-0.2, -0.15) is 0 Å². The predicted molar refractivity (Wildman–Crippen MR) is 185 cm³/mol. The summed E-state index contributed by atoms with van der Waals surface area (Å²) in [5.74, 6) is 0.453. The molecule has 6 rings (SSSR count). The highest BCUT2D eigenvalue weighted by molar-refractivity contribution is 7.81. The highest BCUT2D eigenvalue weighted by Gasteiger charge is 2.59. The van der Waals surface area contributed by atoms with E-state index in [1.807, 2.05) is 24.3 Å². The molecular weight excluding hydrogens is 632 g/mol. The van der Waals surface area contributed by atoms with Crippen molar-refractivity contribution in [3.05, 3.63) is 53.1 Å². The lowest BCUT2D eigenvalue weighted by atomic mass is 9.81. The molecular formula is C35H46N6O6S. The fourth-order valence-corrected chi connectivity index (χ4v) is 7.93. The Bertz CT molecular complexity index is 1750. The topological polar surface area (TPSA) is 134 Å². The first-order valence-corrected chi connectivity index (χ1v) is 17.7. The molecule has 3 atom stereocenters.